The third-order valence-corrected chi connectivity index (χ3v) is 6.45. The van der Waals surface area contributed by atoms with Crippen LogP contribution in [-0.2, 0) is 6.42 Å². The molecule has 0 saturated carbocycles. The van der Waals surface area contributed by atoms with Gasteiger partial charge in [-0.15, -0.1) is 0 Å². The molecule has 34 heavy (non-hydrogen) atoms. The van der Waals surface area contributed by atoms with Crippen LogP contribution in [0.3, 0.4) is 0 Å². The van der Waals surface area contributed by atoms with Crippen LogP contribution in [0.2, 0.25) is 0 Å². The van der Waals surface area contributed by atoms with Crippen LogP contribution in [0.4, 0.5) is 13.2 Å². The molecule has 1 aliphatic rings. The van der Waals surface area contributed by atoms with Crippen molar-refractivity contribution in [2.24, 2.45) is 5.92 Å². The van der Waals surface area contributed by atoms with Crippen LogP contribution < -0.4 is 0 Å². The van der Waals surface area contributed by atoms with Gasteiger partial charge in [-0.1, -0.05) is 81.1 Å². The number of nitrogens with zero attached hydrogens (tertiary/aromatic N) is 1. The summed E-state index contributed by atoms with van der Waals surface area (Å²) >= 11 is 0. The quantitative estimate of drug-likeness (QED) is 0.261. The van der Waals surface area contributed by atoms with Gasteiger partial charge in [-0.2, -0.15) is 13.2 Å². The van der Waals surface area contributed by atoms with Crippen LogP contribution >= 0.6 is 0 Å². The molecule has 2 aromatic carbocycles. The van der Waals surface area contributed by atoms with E-state index in [-0.39, 0.29) is 5.57 Å². The Morgan fingerprint density at radius 3 is 2.21 bits per heavy atom. The summed E-state index contributed by atoms with van der Waals surface area (Å²) in [5.74, 6) is 0.752. The van der Waals surface area contributed by atoms with Crippen molar-refractivity contribution < 1.29 is 13.2 Å². The van der Waals surface area contributed by atoms with Crippen LogP contribution in [0.1, 0.15) is 62.6 Å². The Morgan fingerprint density at radius 1 is 0.971 bits per heavy atom. The molecule has 0 spiro atoms. The molecule has 1 heterocycles. The zero-order valence-corrected chi connectivity index (χ0v) is 21.0. The second-order valence-electron chi connectivity index (χ2n) is 8.88. The monoisotopic (exact) mass is 471 g/mol. The first-order valence-electron chi connectivity index (χ1n) is 12.6. The number of piperidine rings is 1. The highest BCUT2D eigenvalue weighted by molar-refractivity contribution is 5.81. The summed E-state index contributed by atoms with van der Waals surface area (Å²) in [7, 11) is 0. The molecular weight excluding hydrogens is 431 g/mol. The summed E-state index contributed by atoms with van der Waals surface area (Å²) in [6, 6.07) is 17.9. The highest BCUT2D eigenvalue weighted by Crippen LogP contribution is 2.36. The number of benzene rings is 2. The minimum Gasteiger partial charge on any atom is -0.303 e. The number of allylic oxidation sites excluding steroid dienone is 3. The molecule has 1 aliphatic heterocycles. The molecule has 186 valence electrons. The standard InChI is InChI=1S/C28H34F3N.C2H6/c1-22-11-8-9-14-26(22)27(23(2)28(29,30)31)15-7-4-10-18-32-19-16-25(17-20-32)21-24-12-5-3-6-13-24;1-2/h3,5-6,8-9,11-15,25H,2,4,7,10,16-21H2,1H3;1-2H3/b27-15-;. The van der Waals surface area contributed by atoms with Gasteiger partial charge >= 0.3 is 6.18 Å². The minimum absolute atomic E-state index is 0.220. The number of hydrogen-bond acceptors (Lipinski definition) is 1. The van der Waals surface area contributed by atoms with Crippen molar-refractivity contribution in [1.29, 1.82) is 0 Å². The second kappa shape index (κ2) is 14.2. The average Bonchev–Trinajstić information content (AvgIpc) is 2.84. The summed E-state index contributed by atoms with van der Waals surface area (Å²) in [5.41, 5.74) is 2.34. The maximum absolute atomic E-state index is 13.4. The van der Waals surface area contributed by atoms with Crippen molar-refractivity contribution in [3.8, 4) is 0 Å². The molecule has 0 aromatic heterocycles. The van der Waals surface area contributed by atoms with Gasteiger partial charge in [0, 0.05) is 0 Å². The molecule has 4 heteroatoms. The minimum atomic E-state index is -4.42. The first-order chi connectivity index (χ1) is 16.3. The first-order valence-corrected chi connectivity index (χ1v) is 12.6. The lowest BCUT2D eigenvalue weighted by molar-refractivity contribution is -0.0867. The van der Waals surface area contributed by atoms with E-state index in [0.717, 1.165) is 50.4 Å². The molecule has 0 atom stereocenters. The largest absolute Gasteiger partial charge is 0.416 e. The Bertz CT molecular complexity index is 891. The first kappa shape index (κ1) is 27.9. The molecule has 0 amide bonds. The predicted octanol–water partition coefficient (Wildman–Crippen LogP) is 8.65. The molecule has 1 fully saturated rings. The molecule has 0 radical (unpaired) electrons. The van der Waals surface area contributed by atoms with Crippen LogP contribution in [0.15, 0.2) is 72.8 Å². The van der Waals surface area contributed by atoms with Gasteiger partial charge in [0.05, 0.1) is 5.57 Å². The number of hydrogen-bond donors (Lipinski definition) is 0. The zero-order chi connectivity index (χ0) is 25.0. The Kier molecular flexibility index (Phi) is 11.6. The third kappa shape index (κ3) is 8.79. The number of halogens is 3. The Labute approximate surface area is 204 Å². The van der Waals surface area contributed by atoms with E-state index in [9.17, 15) is 13.2 Å². The lowest BCUT2D eigenvalue weighted by atomic mass is 9.90. The van der Waals surface area contributed by atoms with E-state index in [1.807, 2.05) is 32.9 Å². The Hall–Kier alpha value is -2.33. The van der Waals surface area contributed by atoms with E-state index in [1.54, 1.807) is 18.2 Å². The summed E-state index contributed by atoms with van der Waals surface area (Å²) in [6.45, 7) is 12.4. The summed E-state index contributed by atoms with van der Waals surface area (Å²) in [5, 5.41) is 0. The number of likely N-dealkylation sites (tertiary alicyclic amines) is 1. The molecule has 1 saturated heterocycles. The van der Waals surface area contributed by atoms with Gasteiger partial charge in [0.1, 0.15) is 0 Å². The van der Waals surface area contributed by atoms with E-state index in [0.29, 0.717) is 12.0 Å². The van der Waals surface area contributed by atoms with Gasteiger partial charge in [0.15, 0.2) is 0 Å². The molecule has 0 aliphatic carbocycles. The summed E-state index contributed by atoms with van der Waals surface area (Å²) < 4.78 is 40.1. The van der Waals surface area contributed by atoms with Crippen molar-refractivity contribution in [2.75, 3.05) is 19.6 Å². The van der Waals surface area contributed by atoms with Crippen LogP contribution in [0, 0.1) is 12.8 Å². The zero-order valence-electron chi connectivity index (χ0n) is 21.0. The molecule has 0 N–H and O–H groups in total. The summed E-state index contributed by atoms with van der Waals surface area (Å²) in [4.78, 5) is 2.50. The maximum atomic E-state index is 13.4. The maximum Gasteiger partial charge on any atom is 0.416 e. The molecule has 1 nitrogen and oxygen atoms in total. The van der Waals surface area contributed by atoms with E-state index >= 15 is 0 Å². The van der Waals surface area contributed by atoms with Crippen molar-refractivity contribution >= 4 is 5.57 Å². The Balaban J connectivity index is 0.00000199. The van der Waals surface area contributed by atoms with Gasteiger partial charge in [0.2, 0.25) is 0 Å². The van der Waals surface area contributed by atoms with E-state index in [1.165, 1.54) is 18.4 Å². The lowest BCUT2D eigenvalue weighted by Gasteiger charge is -2.32. The fraction of sp³-hybridized carbons (Fsp3) is 0.467. The molecule has 0 unspecified atom stereocenters. The molecule has 2 aromatic rings. The molecular formula is C30H40F3N. The highest BCUT2D eigenvalue weighted by atomic mass is 19.4. The van der Waals surface area contributed by atoms with Crippen LogP contribution in [0.25, 0.3) is 5.57 Å². The van der Waals surface area contributed by atoms with Crippen LogP contribution in [-0.4, -0.2) is 30.7 Å². The van der Waals surface area contributed by atoms with E-state index in [2.05, 4.69) is 41.8 Å². The van der Waals surface area contributed by atoms with Gasteiger partial charge in [-0.3, -0.25) is 0 Å². The fourth-order valence-corrected chi connectivity index (χ4v) is 4.51. The predicted molar refractivity (Wildman–Crippen MR) is 139 cm³/mol. The Morgan fingerprint density at radius 2 is 1.59 bits per heavy atom. The van der Waals surface area contributed by atoms with Crippen molar-refractivity contribution in [3.05, 3.63) is 89.5 Å². The van der Waals surface area contributed by atoms with Crippen molar-refractivity contribution in [3.63, 3.8) is 0 Å². The topological polar surface area (TPSA) is 3.24 Å². The van der Waals surface area contributed by atoms with Crippen molar-refractivity contribution in [1.82, 2.24) is 4.90 Å². The molecule has 3 rings (SSSR count). The average molecular weight is 472 g/mol. The van der Waals surface area contributed by atoms with Gasteiger partial charge in [0.25, 0.3) is 0 Å². The number of aryl methyl sites for hydroxylation is 1. The SMILES string of the molecule is C=C(/C(=C/CCCCN1CCC(Cc2ccccc2)CC1)c1ccccc1C)C(F)(F)F.CC. The lowest BCUT2D eigenvalue weighted by Crippen LogP contribution is -2.35. The highest BCUT2D eigenvalue weighted by Gasteiger charge is 2.34. The smallest absolute Gasteiger partial charge is 0.303 e. The molecule has 0 bridgehead atoms. The van der Waals surface area contributed by atoms with Gasteiger partial charge < -0.3 is 4.90 Å². The van der Waals surface area contributed by atoms with Crippen molar-refractivity contribution in [2.45, 2.75) is 65.5 Å². The van der Waals surface area contributed by atoms with E-state index in [4.69, 9.17) is 0 Å². The normalized spacial score (nSPS) is 15.5. The summed E-state index contributed by atoms with van der Waals surface area (Å²) in [6.07, 6.45) is 3.41. The van der Waals surface area contributed by atoms with Crippen LogP contribution in [0.5, 0.6) is 0 Å². The van der Waals surface area contributed by atoms with Gasteiger partial charge in [-0.25, -0.2) is 0 Å². The van der Waals surface area contributed by atoms with Gasteiger partial charge in [-0.05, 0) is 93.3 Å². The third-order valence-electron chi connectivity index (χ3n) is 6.45. The number of alkyl halides is 3. The fourth-order valence-electron chi connectivity index (χ4n) is 4.51. The van der Waals surface area contributed by atoms with E-state index < -0.39 is 11.7 Å². The second-order valence-corrected chi connectivity index (χ2v) is 8.88. The number of unbranched alkanes of at least 4 members (excludes halogenated alkanes) is 2. The number of rotatable bonds is 9.